The number of sulfonamides is 1. The first-order valence-electron chi connectivity index (χ1n) is 6.22. The van der Waals surface area contributed by atoms with Crippen LogP contribution in [-0.4, -0.2) is 18.4 Å². The number of aromatic nitrogens is 2. The lowest BCUT2D eigenvalue weighted by molar-refractivity contribution is 0.578. The normalized spacial score (nSPS) is 11.7. The highest BCUT2D eigenvalue weighted by atomic mass is 35.5. The lowest BCUT2D eigenvalue weighted by atomic mass is 10.1. The molecule has 0 saturated heterocycles. The van der Waals surface area contributed by atoms with E-state index in [1.165, 1.54) is 6.20 Å². The molecule has 1 aromatic heterocycles. The van der Waals surface area contributed by atoms with Gasteiger partial charge in [-0.15, -0.1) is 11.6 Å². The van der Waals surface area contributed by atoms with Crippen LogP contribution in [0.15, 0.2) is 35.5 Å². The van der Waals surface area contributed by atoms with E-state index in [-0.39, 0.29) is 11.6 Å². The van der Waals surface area contributed by atoms with Crippen molar-refractivity contribution >= 4 is 21.6 Å². The summed E-state index contributed by atoms with van der Waals surface area (Å²) >= 11 is 5.70. The highest BCUT2D eigenvalue weighted by Gasteiger charge is 2.16. The van der Waals surface area contributed by atoms with E-state index >= 15 is 0 Å². The zero-order chi connectivity index (χ0) is 14.6. The van der Waals surface area contributed by atoms with Gasteiger partial charge in [0.15, 0.2) is 5.03 Å². The van der Waals surface area contributed by atoms with E-state index in [1.54, 1.807) is 0 Å². The molecular formula is C13H16ClN3O2S. The Morgan fingerprint density at radius 1 is 1.25 bits per heavy atom. The summed E-state index contributed by atoms with van der Waals surface area (Å²) in [5, 5.41) is 0.0896. The summed E-state index contributed by atoms with van der Waals surface area (Å²) in [6.45, 7) is 2.13. The van der Waals surface area contributed by atoms with E-state index in [4.69, 9.17) is 11.6 Å². The molecule has 5 nitrogen and oxygen atoms in total. The Bertz CT molecular complexity index is 665. The fraction of sp³-hybridized carbons (Fsp3) is 0.308. The number of aromatic amines is 1. The molecule has 0 bridgehead atoms. The maximum atomic E-state index is 12.1. The Balaban J connectivity index is 2.04. The Morgan fingerprint density at radius 2 is 1.90 bits per heavy atom. The van der Waals surface area contributed by atoms with Crippen LogP contribution in [0.1, 0.15) is 23.9 Å². The molecule has 20 heavy (non-hydrogen) atoms. The first-order chi connectivity index (χ1) is 9.55. The number of nitrogens with one attached hydrogen (secondary N) is 2. The van der Waals surface area contributed by atoms with Gasteiger partial charge in [-0.2, -0.15) is 0 Å². The van der Waals surface area contributed by atoms with Crippen molar-refractivity contribution in [3.05, 3.63) is 47.4 Å². The third-order valence-corrected chi connectivity index (χ3v) is 4.49. The minimum Gasteiger partial charge on any atom is -0.332 e. The monoisotopic (exact) mass is 313 g/mol. The summed E-state index contributed by atoms with van der Waals surface area (Å²) in [7, 11) is -3.56. The first kappa shape index (κ1) is 15.0. The van der Waals surface area contributed by atoms with Crippen LogP contribution in [0.3, 0.4) is 0 Å². The van der Waals surface area contributed by atoms with Gasteiger partial charge in [0.1, 0.15) is 5.82 Å². The summed E-state index contributed by atoms with van der Waals surface area (Å²) in [4.78, 5) is 6.77. The summed E-state index contributed by atoms with van der Waals surface area (Å²) in [5.41, 5.74) is 1.87. The van der Waals surface area contributed by atoms with Gasteiger partial charge in [-0.1, -0.05) is 31.2 Å². The van der Waals surface area contributed by atoms with Gasteiger partial charge < -0.3 is 4.98 Å². The maximum absolute atomic E-state index is 12.1. The first-order valence-corrected chi connectivity index (χ1v) is 8.24. The summed E-state index contributed by atoms with van der Waals surface area (Å²) in [6.07, 6.45) is 1.99. The lowest BCUT2D eigenvalue weighted by Gasteiger charge is -2.05. The second-order valence-corrected chi connectivity index (χ2v) is 6.33. The van der Waals surface area contributed by atoms with E-state index in [1.807, 2.05) is 31.2 Å². The number of rotatable bonds is 6. The zero-order valence-electron chi connectivity index (χ0n) is 11.1. The van der Waals surface area contributed by atoms with Gasteiger partial charge in [0.2, 0.25) is 0 Å². The van der Waals surface area contributed by atoms with Gasteiger partial charge in [0, 0.05) is 18.8 Å². The van der Waals surface area contributed by atoms with Crippen LogP contribution >= 0.6 is 11.6 Å². The molecular weight excluding hydrogens is 298 g/mol. The van der Waals surface area contributed by atoms with Crippen molar-refractivity contribution in [1.82, 2.24) is 14.7 Å². The fourth-order valence-electron chi connectivity index (χ4n) is 1.66. The van der Waals surface area contributed by atoms with Crippen LogP contribution < -0.4 is 4.72 Å². The topological polar surface area (TPSA) is 74.8 Å². The molecule has 1 heterocycles. The molecule has 7 heteroatoms. The largest absolute Gasteiger partial charge is 0.332 e. The van der Waals surface area contributed by atoms with Crippen molar-refractivity contribution < 1.29 is 8.42 Å². The van der Waals surface area contributed by atoms with Crippen molar-refractivity contribution in [2.24, 2.45) is 0 Å². The Morgan fingerprint density at radius 3 is 2.45 bits per heavy atom. The van der Waals surface area contributed by atoms with Crippen LogP contribution in [0.25, 0.3) is 0 Å². The van der Waals surface area contributed by atoms with Gasteiger partial charge in [-0.05, 0) is 11.1 Å². The van der Waals surface area contributed by atoms with E-state index < -0.39 is 10.0 Å². The SMILES string of the molecule is CCc1ncc(S(=O)(=O)NCc2ccc(CCl)cc2)[nH]1. The van der Waals surface area contributed by atoms with Crippen molar-refractivity contribution in [3.63, 3.8) is 0 Å². The van der Waals surface area contributed by atoms with Crippen LogP contribution in [0.4, 0.5) is 0 Å². The molecule has 0 saturated carbocycles. The number of hydrogen-bond donors (Lipinski definition) is 2. The number of benzene rings is 1. The highest BCUT2D eigenvalue weighted by Crippen LogP contribution is 2.09. The second-order valence-electron chi connectivity index (χ2n) is 4.32. The average Bonchev–Trinajstić information content (AvgIpc) is 2.95. The standard InChI is InChI=1S/C13H16ClN3O2S/c1-2-12-15-9-13(17-12)20(18,19)16-8-11-5-3-10(7-14)4-6-11/h3-6,9,16H,2,7-8H2,1H3,(H,15,17). The van der Waals surface area contributed by atoms with E-state index in [0.717, 1.165) is 11.1 Å². The molecule has 0 fully saturated rings. The summed E-state index contributed by atoms with van der Waals surface area (Å²) < 4.78 is 26.6. The molecule has 0 atom stereocenters. The van der Waals surface area contributed by atoms with Gasteiger partial charge >= 0.3 is 0 Å². The molecule has 0 unspecified atom stereocenters. The molecule has 0 aliphatic heterocycles. The van der Waals surface area contributed by atoms with Gasteiger partial charge in [0.05, 0.1) is 6.20 Å². The molecule has 0 spiro atoms. The van der Waals surface area contributed by atoms with E-state index in [0.29, 0.717) is 18.1 Å². The number of imidazole rings is 1. The van der Waals surface area contributed by atoms with Crippen molar-refractivity contribution in [2.45, 2.75) is 30.8 Å². The number of nitrogens with zero attached hydrogens (tertiary/aromatic N) is 1. The lowest BCUT2D eigenvalue weighted by Crippen LogP contribution is -2.23. The highest BCUT2D eigenvalue weighted by molar-refractivity contribution is 7.89. The molecule has 0 radical (unpaired) electrons. The van der Waals surface area contributed by atoms with Crippen molar-refractivity contribution in [2.75, 3.05) is 0 Å². The number of aryl methyl sites for hydroxylation is 1. The van der Waals surface area contributed by atoms with Crippen LogP contribution in [-0.2, 0) is 28.9 Å². The van der Waals surface area contributed by atoms with Crippen molar-refractivity contribution in [1.29, 1.82) is 0 Å². The molecule has 0 amide bonds. The Hall–Kier alpha value is -1.37. The second kappa shape index (κ2) is 6.39. The molecule has 2 rings (SSSR count). The maximum Gasteiger partial charge on any atom is 0.257 e. The Kier molecular flexibility index (Phi) is 4.80. The molecule has 2 N–H and O–H groups in total. The van der Waals surface area contributed by atoms with Gasteiger partial charge in [-0.3, -0.25) is 0 Å². The van der Waals surface area contributed by atoms with Crippen LogP contribution in [0.5, 0.6) is 0 Å². The molecule has 108 valence electrons. The van der Waals surface area contributed by atoms with Crippen molar-refractivity contribution in [3.8, 4) is 0 Å². The summed E-state index contributed by atoms with van der Waals surface area (Å²) in [5.74, 6) is 1.09. The third kappa shape index (κ3) is 3.59. The zero-order valence-corrected chi connectivity index (χ0v) is 12.6. The number of halogens is 1. The van der Waals surface area contributed by atoms with E-state index in [9.17, 15) is 8.42 Å². The van der Waals surface area contributed by atoms with Gasteiger partial charge in [0.25, 0.3) is 10.0 Å². The average molecular weight is 314 g/mol. The number of alkyl halides is 1. The molecule has 0 aliphatic carbocycles. The number of H-pyrrole nitrogens is 1. The van der Waals surface area contributed by atoms with E-state index in [2.05, 4.69) is 14.7 Å². The third-order valence-electron chi connectivity index (χ3n) is 2.87. The predicted molar refractivity (Wildman–Crippen MR) is 78.0 cm³/mol. The molecule has 1 aromatic carbocycles. The summed E-state index contributed by atoms with van der Waals surface area (Å²) in [6, 6.07) is 7.46. The smallest absolute Gasteiger partial charge is 0.257 e. The van der Waals surface area contributed by atoms with Crippen LogP contribution in [0, 0.1) is 0 Å². The van der Waals surface area contributed by atoms with Crippen LogP contribution in [0.2, 0.25) is 0 Å². The number of hydrogen-bond acceptors (Lipinski definition) is 3. The quantitative estimate of drug-likeness (QED) is 0.803. The molecule has 0 aliphatic rings. The predicted octanol–water partition coefficient (Wildman–Crippen LogP) is 2.19. The fourth-order valence-corrected chi connectivity index (χ4v) is 2.80. The van der Waals surface area contributed by atoms with Gasteiger partial charge in [-0.25, -0.2) is 18.1 Å². The Labute approximate surface area is 123 Å². The minimum absolute atomic E-state index is 0.0896. The molecule has 2 aromatic rings. The minimum atomic E-state index is -3.56.